The highest BCUT2D eigenvalue weighted by Crippen LogP contribution is 2.35. The van der Waals surface area contributed by atoms with Crippen molar-refractivity contribution in [2.45, 2.75) is 13.5 Å². The maximum absolute atomic E-state index is 12.6. The van der Waals surface area contributed by atoms with Crippen molar-refractivity contribution in [3.63, 3.8) is 0 Å². The molecule has 0 unspecified atom stereocenters. The molecule has 0 aliphatic carbocycles. The number of hydrogen-bond acceptors (Lipinski definition) is 4. The maximum atomic E-state index is 12.6. The number of benzene rings is 3. The minimum absolute atomic E-state index is 0.00897. The summed E-state index contributed by atoms with van der Waals surface area (Å²) in [6.07, 6.45) is 1.53. The number of nitriles is 1. The minimum atomic E-state index is -0.473. The van der Waals surface area contributed by atoms with Crippen LogP contribution in [0.1, 0.15) is 16.7 Å². The number of nitrogens with one attached hydrogen (secondary N) is 1. The van der Waals surface area contributed by atoms with Gasteiger partial charge in [0.05, 0.1) is 10.7 Å². The maximum Gasteiger partial charge on any atom is 0.266 e. The first-order valence-corrected chi connectivity index (χ1v) is 11.5. The number of amides is 1. The summed E-state index contributed by atoms with van der Waals surface area (Å²) in [6, 6.07) is 20.8. The van der Waals surface area contributed by atoms with Gasteiger partial charge in [0.2, 0.25) is 0 Å². The van der Waals surface area contributed by atoms with Gasteiger partial charge in [-0.1, -0.05) is 51.8 Å². The molecule has 0 heterocycles. The highest BCUT2D eigenvalue weighted by atomic mass is 127. The average molecular weight is 603 g/mol. The van der Waals surface area contributed by atoms with E-state index in [9.17, 15) is 10.1 Å². The van der Waals surface area contributed by atoms with Gasteiger partial charge in [0, 0.05) is 15.7 Å². The summed E-state index contributed by atoms with van der Waals surface area (Å²) in [5.74, 6) is 0.648. The Hall–Kier alpha value is -2.83. The molecule has 162 valence electrons. The highest BCUT2D eigenvalue weighted by Gasteiger charge is 2.15. The molecular weight excluding hydrogens is 583 g/mol. The smallest absolute Gasteiger partial charge is 0.266 e. The van der Waals surface area contributed by atoms with Crippen LogP contribution in [0.4, 0.5) is 5.69 Å². The number of carbonyl (C=O) groups excluding carboxylic acids is 1. The predicted molar refractivity (Wildman–Crippen MR) is 138 cm³/mol. The van der Waals surface area contributed by atoms with E-state index < -0.39 is 5.91 Å². The van der Waals surface area contributed by atoms with E-state index in [4.69, 9.17) is 9.47 Å². The number of anilines is 1. The van der Waals surface area contributed by atoms with Gasteiger partial charge in [-0.3, -0.25) is 4.79 Å². The first-order valence-electron chi connectivity index (χ1n) is 9.65. The largest absolute Gasteiger partial charge is 0.493 e. The van der Waals surface area contributed by atoms with Crippen molar-refractivity contribution >= 4 is 56.2 Å². The summed E-state index contributed by atoms with van der Waals surface area (Å²) < 4.78 is 13.3. The predicted octanol–water partition coefficient (Wildman–Crippen LogP) is 6.50. The molecule has 0 aliphatic heterocycles. The molecule has 1 N–H and O–H groups in total. The van der Waals surface area contributed by atoms with Crippen LogP contribution < -0.4 is 14.8 Å². The zero-order valence-corrected chi connectivity index (χ0v) is 21.2. The van der Waals surface area contributed by atoms with Gasteiger partial charge < -0.3 is 14.8 Å². The minimum Gasteiger partial charge on any atom is -0.493 e. The molecule has 3 aromatic carbocycles. The molecule has 1 amide bonds. The van der Waals surface area contributed by atoms with Crippen molar-refractivity contribution in [3.8, 4) is 17.6 Å². The first kappa shape index (κ1) is 23.8. The van der Waals surface area contributed by atoms with E-state index in [0.717, 1.165) is 19.2 Å². The van der Waals surface area contributed by atoms with E-state index in [1.807, 2.05) is 55.5 Å². The summed E-state index contributed by atoms with van der Waals surface area (Å²) in [5, 5.41) is 12.3. The molecule has 0 fully saturated rings. The van der Waals surface area contributed by atoms with Gasteiger partial charge in [-0.05, 0) is 71.5 Å². The standard InChI is InChI=1S/C25H20BrIN2O3/c1-16-7-9-20(10-8-16)29-25(30)19(14-28)11-17-12-22(27)24(23(13-17)31-2)32-15-18-5-3-4-6-21(18)26/h3-13H,15H2,1-2H3,(H,29,30)/b19-11+. The van der Waals surface area contributed by atoms with E-state index in [0.29, 0.717) is 29.4 Å². The number of carbonyl (C=O) groups is 1. The molecular formula is C25H20BrIN2O3. The van der Waals surface area contributed by atoms with Gasteiger partial charge in [0.15, 0.2) is 11.5 Å². The normalized spacial score (nSPS) is 10.9. The fraction of sp³-hybridized carbons (Fsp3) is 0.120. The lowest BCUT2D eigenvalue weighted by Gasteiger charge is -2.14. The van der Waals surface area contributed by atoms with Crippen molar-refractivity contribution in [2.75, 3.05) is 12.4 Å². The van der Waals surface area contributed by atoms with Crippen LogP contribution in [-0.4, -0.2) is 13.0 Å². The van der Waals surface area contributed by atoms with E-state index in [1.165, 1.54) is 6.08 Å². The summed E-state index contributed by atoms with van der Waals surface area (Å²) in [7, 11) is 1.56. The molecule has 0 saturated heterocycles. The third-order valence-electron chi connectivity index (χ3n) is 4.57. The highest BCUT2D eigenvalue weighted by molar-refractivity contribution is 14.1. The number of methoxy groups -OCH3 is 1. The number of nitrogens with zero attached hydrogens (tertiary/aromatic N) is 1. The van der Waals surface area contributed by atoms with Crippen LogP contribution in [-0.2, 0) is 11.4 Å². The van der Waals surface area contributed by atoms with Gasteiger partial charge in [0.25, 0.3) is 5.91 Å². The molecule has 0 aromatic heterocycles. The summed E-state index contributed by atoms with van der Waals surface area (Å²) in [6.45, 7) is 2.33. The molecule has 32 heavy (non-hydrogen) atoms. The fourth-order valence-corrected chi connectivity index (χ4v) is 4.06. The SMILES string of the molecule is COc1cc(/C=C(\C#N)C(=O)Nc2ccc(C)cc2)cc(I)c1OCc1ccccc1Br. The van der Waals surface area contributed by atoms with Crippen molar-refractivity contribution in [3.05, 3.63) is 91.0 Å². The molecule has 0 aliphatic rings. The van der Waals surface area contributed by atoms with Crippen molar-refractivity contribution in [1.29, 1.82) is 5.26 Å². The molecule has 3 aromatic rings. The lowest BCUT2D eigenvalue weighted by Crippen LogP contribution is -2.13. The lowest BCUT2D eigenvalue weighted by atomic mass is 10.1. The second kappa shape index (κ2) is 11.2. The monoisotopic (exact) mass is 602 g/mol. The van der Waals surface area contributed by atoms with Gasteiger partial charge in [0.1, 0.15) is 18.2 Å². The number of halogens is 2. The van der Waals surface area contributed by atoms with E-state index >= 15 is 0 Å². The zero-order valence-electron chi connectivity index (χ0n) is 17.5. The van der Waals surface area contributed by atoms with Crippen LogP contribution in [0.5, 0.6) is 11.5 Å². The van der Waals surface area contributed by atoms with Crippen LogP contribution >= 0.6 is 38.5 Å². The second-order valence-electron chi connectivity index (χ2n) is 6.90. The molecule has 0 bridgehead atoms. The fourth-order valence-electron chi connectivity index (χ4n) is 2.88. The summed E-state index contributed by atoms with van der Waals surface area (Å²) in [5.41, 5.74) is 3.38. The third-order valence-corrected chi connectivity index (χ3v) is 6.14. The Morgan fingerprint density at radius 2 is 1.91 bits per heavy atom. The molecule has 5 nitrogen and oxygen atoms in total. The number of ether oxygens (including phenoxy) is 2. The average Bonchev–Trinajstić information content (AvgIpc) is 2.78. The van der Waals surface area contributed by atoms with Crippen LogP contribution in [0.15, 0.2) is 70.7 Å². The zero-order chi connectivity index (χ0) is 23.1. The van der Waals surface area contributed by atoms with Gasteiger partial charge in [-0.25, -0.2) is 0 Å². The van der Waals surface area contributed by atoms with Crippen molar-refractivity contribution in [1.82, 2.24) is 0 Å². The Morgan fingerprint density at radius 3 is 2.56 bits per heavy atom. The lowest BCUT2D eigenvalue weighted by molar-refractivity contribution is -0.112. The Kier molecular flexibility index (Phi) is 8.31. The molecule has 0 saturated carbocycles. The Bertz CT molecular complexity index is 1200. The molecule has 0 radical (unpaired) electrons. The first-order chi connectivity index (χ1) is 15.4. The Morgan fingerprint density at radius 1 is 1.19 bits per heavy atom. The Balaban J connectivity index is 1.82. The molecule has 0 atom stereocenters. The van der Waals surface area contributed by atoms with Gasteiger partial charge in [-0.15, -0.1) is 0 Å². The summed E-state index contributed by atoms with van der Waals surface area (Å²) >= 11 is 5.68. The summed E-state index contributed by atoms with van der Waals surface area (Å²) in [4.78, 5) is 12.6. The van der Waals surface area contributed by atoms with Crippen LogP contribution in [0, 0.1) is 21.8 Å². The van der Waals surface area contributed by atoms with Gasteiger partial charge in [-0.2, -0.15) is 5.26 Å². The van der Waals surface area contributed by atoms with Crippen molar-refractivity contribution in [2.24, 2.45) is 0 Å². The number of rotatable bonds is 7. The molecule has 0 spiro atoms. The molecule has 3 rings (SSSR count). The topological polar surface area (TPSA) is 71.3 Å². The van der Waals surface area contributed by atoms with Crippen LogP contribution in [0.2, 0.25) is 0 Å². The van der Waals surface area contributed by atoms with E-state index in [-0.39, 0.29) is 5.57 Å². The van der Waals surface area contributed by atoms with Crippen LogP contribution in [0.3, 0.4) is 0 Å². The quantitative estimate of drug-likeness (QED) is 0.190. The van der Waals surface area contributed by atoms with E-state index in [2.05, 4.69) is 43.8 Å². The second-order valence-corrected chi connectivity index (χ2v) is 8.92. The van der Waals surface area contributed by atoms with Crippen LogP contribution in [0.25, 0.3) is 6.08 Å². The number of aryl methyl sites for hydroxylation is 1. The Labute approximate surface area is 209 Å². The number of hydrogen-bond donors (Lipinski definition) is 1. The van der Waals surface area contributed by atoms with E-state index in [1.54, 1.807) is 25.3 Å². The van der Waals surface area contributed by atoms with Crippen molar-refractivity contribution < 1.29 is 14.3 Å². The third kappa shape index (κ3) is 6.11. The van der Waals surface area contributed by atoms with Gasteiger partial charge >= 0.3 is 0 Å². The molecule has 7 heteroatoms.